The van der Waals surface area contributed by atoms with E-state index >= 15 is 0 Å². The van der Waals surface area contributed by atoms with Crippen LogP contribution in [0.1, 0.15) is 32.6 Å². The first kappa shape index (κ1) is 11.4. The summed E-state index contributed by atoms with van der Waals surface area (Å²) >= 11 is 0. The highest BCUT2D eigenvalue weighted by Crippen LogP contribution is 2.34. The van der Waals surface area contributed by atoms with E-state index in [0.29, 0.717) is 11.7 Å². The van der Waals surface area contributed by atoms with Crippen LogP contribution in [-0.4, -0.2) is 21.0 Å². The topological polar surface area (TPSA) is 50.7 Å². The van der Waals surface area contributed by atoms with Crippen molar-refractivity contribution in [2.45, 2.75) is 38.6 Å². The summed E-state index contributed by atoms with van der Waals surface area (Å²) < 4.78 is 0. The van der Waals surface area contributed by atoms with Crippen molar-refractivity contribution in [3.8, 4) is 0 Å². The lowest BCUT2D eigenvalue weighted by atomic mass is 10.1. The Morgan fingerprint density at radius 3 is 2.89 bits per heavy atom. The molecule has 1 N–H and O–H groups in total. The van der Waals surface area contributed by atoms with Crippen LogP contribution < -0.4 is 5.32 Å². The summed E-state index contributed by atoms with van der Waals surface area (Å²) in [6.07, 6.45) is 8.57. The van der Waals surface area contributed by atoms with Crippen molar-refractivity contribution in [1.82, 2.24) is 15.0 Å². The summed E-state index contributed by atoms with van der Waals surface area (Å²) in [5.74, 6) is 1.85. The molecule has 94 valence electrons. The number of fused-ring (bicyclic) bond motifs is 1. The van der Waals surface area contributed by atoms with Gasteiger partial charge in [-0.2, -0.15) is 0 Å². The second kappa shape index (κ2) is 4.88. The lowest BCUT2D eigenvalue weighted by Crippen LogP contribution is -2.19. The third kappa shape index (κ3) is 2.58. The molecule has 4 heteroatoms. The molecule has 0 bridgehead atoms. The molecule has 1 atom stereocenters. The number of hydrogen-bond donors (Lipinski definition) is 1. The molecule has 1 saturated carbocycles. The van der Waals surface area contributed by atoms with Crippen molar-refractivity contribution in [3.63, 3.8) is 0 Å². The van der Waals surface area contributed by atoms with Crippen LogP contribution in [0.15, 0.2) is 24.5 Å². The second-order valence-electron chi connectivity index (χ2n) is 5.02. The van der Waals surface area contributed by atoms with E-state index < -0.39 is 0 Å². The Bertz CT molecular complexity index is 536. The predicted molar refractivity (Wildman–Crippen MR) is 72.4 cm³/mol. The monoisotopic (exact) mass is 242 g/mol. The number of aromatic nitrogens is 3. The Morgan fingerprint density at radius 2 is 2.11 bits per heavy atom. The average Bonchev–Trinajstić information content (AvgIpc) is 3.22. The number of rotatable bonds is 5. The van der Waals surface area contributed by atoms with Crippen LogP contribution in [0.25, 0.3) is 11.2 Å². The molecule has 3 rings (SSSR count). The van der Waals surface area contributed by atoms with Gasteiger partial charge in [0.15, 0.2) is 5.65 Å². The summed E-state index contributed by atoms with van der Waals surface area (Å²) in [6.45, 7) is 2.22. The highest BCUT2D eigenvalue weighted by atomic mass is 15.0. The molecule has 0 radical (unpaired) electrons. The van der Waals surface area contributed by atoms with E-state index in [9.17, 15) is 0 Å². The van der Waals surface area contributed by atoms with Crippen molar-refractivity contribution in [1.29, 1.82) is 0 Å². The van der Waals surface area contributed by atoms with Crippen LogP contribution in [0.3, 0.4) is 0 Å². The largest absolute Gasteiger partial charge is 0.367 e. The van der Waals surface area contributed by atoms with Gasteiger partial charge >= 0.3 is 0 Å². The number of pyridine rings is 1. The second-order valence-corrected chi connectivity index (χ2v) is 5.02. The number of nitrogens with zero attached hydrogens (tertiary/aromatic N) is 3. The molecule has 1 aliphatic carbocycles. The Morgan fingerprint density at radius 1 is 1.28 bits per heavy atom. The third-order valence-corrected chi connectivity index (χ3v) is 3.49. The van der Waals surface area contributed by atoms with E-state index in [0.717, 1.165) is 23.7 Å². The molecular formula is C14H18N4. The molecule has 2 aromatic heterocycles. The van der Waals surface area contributed by atoms with Crippen molar-refractivity contribution >= 4 is 17.0 Å². The van der Waals surface area contributed by atoms with Gasteiger partial charge in [-0.05, 0) is 30.9 Å². The average molecular weight is 242 g/mol. The Kier molecular flexibility index (Phi) is 3.09. The van der Waals surface area contributed by atoms with Crippen LogP contribution in [0.5, 0.6) is 0 Å². The first-order chi connectivity index (χ1) is 8.85. The molecule has 0 aliphatic heterocycles. The Hall–Kier alpha value is -1.71. The van der Waals surface area contributed by atoms with Gasteiger partial charge in [0.25, 0.3) is 0 Å². The molecule has 18 heavy (non-hydrogen) atoms. The van der Waals surface area contributed by atoms with Gasteiger partial charge in [0.05, 0.1) is 0 Å². The van der Waals surface area contributed by atoms with Gasteiger partial charge in [-0.15, -0.1) is 0 Å². The fourth-order valence-electron chi connectivity index (χ4n) is 2.23. The number of hydrogen-bond acceptors (Lipinski definition) is 4. The quantitative estimate of drug-likeness (QED) is 0.875. The molecule has 0 amide bonds. The predicted octanol–water partition coefficient (Wildman–Crippen LogP) is 3.02. The standard InChI is InChI=1S/C14H18N4/c1-2-11(9-10-3-4-10)17-13-6-5-12-14(18-13)16-8-7-15-12/h5-8,10-11H,2-4,9H2,1H3,(H,16,17,18). The molecular weight excluding hydrogens is 224 g/mol. The smallest absolute Gasteiger partial charge is 0.180 e. The molecule has 0 aromatic carbocycles. The maximum absolute atomic E-state index is 4.51. The van der Waals surface area contributed by atoms with Crippen LogP contribution in [0.4, 0.5) is 5.82 Å². The van der Waals surface area contributed by atoms with Gasteiger partial charge in [-0.3, -0.25) is 4.98 Å². The summed E-state index contributed by atoms with van der Waals surface area (Å²) in [5, 5.41) is 3.51. The van der Waals surface area contributed by atoms with Crippen LogP contribution in [0.2, 0.25) is 0 Å². The van der Waals surface area contributed by atoms with Gasteiger partial charge in [0, 0.05) is 18.4 Å². The summed E-state index contributed by atoms with van der Waals surface area (Å²) in [5.41, 5.74) is 1.56. The zero-order valence-electron chi connectivity index (χ0n) is 10.6. The zero-order chi connectivity index (χ0) is 12.4. The van der Waals surface area contributed by atoms with Gasteiger partial charge < -0.3 is 5.32 Å². The first-order valence-electron chi connectivity index (χ1n) is 6.69. The maximum atomic E-state index is 4.51. The lowest BCUT2D eigenvalue weighted by molar-refractivity contribution is 0.585. The fourth-order valence-corrected chi connectivity index (χ4v) is 2.23. The highest BCUT2D eigenvalue weighted by Gasteiger charge is 2.24. The first-order valence-corrected chi connectivity index (χ1v) is 6.69. The van der Waals surface area contributed by atoms with E-state index in [1.807, 2.05) is 12.1 Å². The van der Waals surface area contributed by atoms with Crippen LogP contribution >= 0.6 is 0 Å². The lowest BCUT2D eigenvalue weighted by Gasteiger charge is -2.17. The normalized spacial score (nSPS) is 16.7. The maximum Gasteiger partial charge on any atom is 0.180 e. The van der Waals surface area contributed by atoms with Gasteiger partial charge in [-0.1, -0.05) is 19.8 Å². The fraction of sp³-hybridized carbons (Fsp3) is 0.500. The van der Waals surface area contributed by atoms with E-state index in [2.05, 4.69) is 27.2 Å². The molecule has 0 saturated heterocycles. The molecule has 2 heterocycles. The summed E-state index contributed by atoms with van der Waals surface area (Å²) in [4.78, 5) is 13.0. The van der Waals surface area contributed by atoms with E-state index in [1.165, 1.54) is 19.3 Å². The molecule has 4 nitrogen and oxygen atoms in total. The van der Waals surface area contributed by atoms with Crippen molar-refractivity contribution in [2.75, 3.05) is 5.32 Å². The minimum Gasteiger partial charge on any atom is -0.367 e. The van der Waals surface area contributed by atoms with E-state index in [4.69, 9.17) is 0 Å². The molecule has 2 aromatic rings. The van der Waals surface area contributed by atoms with Gasteiger partial charge in [0.1, 0.15) is 11.3 Å². The van der Waals surface area contributed by atoms with Crippen LogP contribution in [0, 0.1) is 5.92 Å². The van der Waals surface area contributed by atoms with E-state index in [1.54, 1.807) is 12.4 Å². The van der Waals surface area contributed by atoms with Crippen molar-refractivity contribution in [2.24, 2.45) is 5.92 Å². The SMILES string of the molecule is CCC(CC1CC1)Nc1ccc2nccnc2n1. The minimum atomic E-state index is 0.527. The van der Waals surface area contributed by atoms with Crippen molar-refractivity contribution in [3.05, 3.63) is 24.5 Å². The van der Waals surface area contributed by atoms with E-state index in [-0.39, 0.29) is 0 Å². The molecule has 1 unspecified atom stereocenters. The Labute approximate surface area is 107 Å². The highest BCUT2D eigenvalue weighted by molar-refractivity contribution is 5.71. The zero-order valence-corrected chi connectivity index (χ0v) is 10.6. The molecule has 0 spiro atoms. The minimum absolute atomic E-state index is 0.527. The van der Waals surface area contributed by atoms with Gasteiger partial charge in [-0.25, -0.2) is 9.97 Å². The molecule has 1 aliphatic rings. The number of nitrogens with one attached hydrogen (secondary N) is 1. The summed E-state index contributed by atoms with van der Waals surface area (Å²) in [7, 11) is 0. The van der Waals surface area contributed by atoms with Crippen molar-refractivity contribution < 1.29 is 0 Å². The number of anilines is 1. The summed E-state index contributed by atoms with van der Waals surface area (Å²) in [6, 6.07) is 4.49. The van der Waals surface area contributed by atoms with Crippen LogP contribution in [-0.2, 0) is 0 Å². The van der Waals surface area contributed by atoms with Gasteiger partial charge in [0.2, 0.25) is 0 Å². The molecule has 1 fully saturated rings. The third-order valence-electron chi connectivity index (χ3n) is 3.49. The Balaban J connectivity index is 1.76.